The Hall–Kier alpha value is -0.653. The molecule has 0 unspecified atom stereocenters. The van der Waals surface area contributed by atoms with Crippen LogP contribution in [0.1, 0.15) is 68.7 Å². The average molecular weight is 399 g/mol. The molecule has 0 aromatic heterocycles. The van der Waals surface area contributed by atoms with Crippen LogP contribution in [0, 0.1) is 11.8 Å². The van der Waals surface area contributed by atoms with Gasteiger partial charge in [0.25, 0.3) is 0 Å². The van der Waals surface area contributed by atoms with Gasteiger partial charge >= 0.3 is 5.97 Å². The lowest BCUT2D eigenvalue weighted by Gasteiger charge is -2.42. The molecule has 0 N–H and O–H groups in total. The molecular formula is C22H42O4Si. The van der Waals surface area contributed by atoms with Gasteiger partial charge in [0.2, 0.25) is 0 Å². The predicted octanol–water partition coefficient (Wildman–Crippen LogP) is 5.73. The van der Waals surface area contributed by atoms with Crippen LogP contribution < -0.4 is 0 Å². The van der Waals surface area contributed by atoms with Gasteiger partial charge < -0.3 is 13.9 Å². The standard InChI is InChI=1S/C22H42O4Si/c1-12-15(3)18(26-27(10,11)21(6,7)8)17(5)19-22(9,25-19)14-16(4)20(23)24-13-2/h14-15,17-19H,12-13H2,1-11H3/b16-14+/t15-,17-,18+,19+,22+/m0/s1. The topological polar surface area (TPSA) is 48.1 Å². The Kier molecular flexibility index (Phi) is 7.94. The summed E-state index contributed by atoms with van der Waals surface area (Å²) in [5.74, 6) is 0.444. The van der Waals surface area contributed by atoms with E-state index in [9.17, 15) is 4.79 Å². The van der Waals surface area contributed by atoms with Crippen molar-refractivity contribution in [1.29, 1.82) is 0 Å². The normalized spacial score (nSPS) is 27.1. The van der Waals surface area contributed by atoms with Crippen molar-refractivity contribution in [2.75, 3.05) is 6.61 Å². The van der Waals surface area contributed by atoms with Crippen LogP contribution >= 0.6 is 0 Å². The maximum absolute atomic E-state index is 11.9. The number of hydrogen-bond donors (Lipinski definition) is 0. The quantitative estimate of drug-likeness (QED) is 0.215. The molecule has 27 heavy (non-hydrogen) atoms. The maximum Gasteiger partial charge on any atom is 0.333 e. The Bertz CT molecular complexity index is 549. The molecule has 1 heterocycles. The fourth-order valence-electron chi connectivity index (χ4n) is 3.38. The second-order valence-corrected chi connectivity index (χ2v) is 14.6. The minimum absolute atomic E-state index is 0.0608. The van der Waals surface area contributed by atoms with E-state index in [4.69, 9.17) is 13.9 Å². The van der Waals surface area contributed by atoms with Gasteiger partial charge in [0.15, 0.2) is 8.32 Å². The van der Waals surface area contributed by atoms with Gasteiger partial charge in [0.05, 0.1) is 18.8 Å². The van der Waals surface area contributed by atoms with Gasteiger partial charge in [-0.25, -0.2) is 4.79 Å². The molecule has 1 saturated heterocycles. The van der Waals surface area contributed by atoms with E-state index < -0.39 is 13.9 Å². The van der Waals surface area contributed by atoms with Crippen molar-refractivity contribution in [1.82, 2.24) is 0 Å². The molecule has 0 saturated carbocycles. The van der Waals surface area contributed by atoms with Crippen LogP contribution in [0.4, 0.5) is 0 Å². The molecule has 1 aliphatic rings. The van der Waals surface area contributed by atoms with Crippen molar-refractivity contribution < 1.29 is 18.7 Å². The largest absolute Gasteiger partial charge is 0.463 e. The van der Waals surface area contributed by atoms with E-state index in [1.54, 1.807) is 6.92 Å². The second kappa shape index (κ2) is 8.79. The zero-order chi connectivity index (χ0) is 21.2. The summed E-state index contributed by atoms with van der Waals surface area (Å²) in [6.07, 6.45) is 3.21. The Morgan fingerprint density at radius 3 is 2.26 bits per heavy atom. The summed E-state index contributed by atoms with van der Waals surface area (Å²) in [6, 6.07) is 0. The van der Waals surface area contributed by atoms with Crippen LogP contribution in [0.5, 0.6) is 0 Å². The SMILES string of the molecule is CCOC(=O)/C(C)=C/[C@@]1(C)O[C@@H]1[C@@H](C)[C@H](O[Si](C)(C)C(C)(C)C)[C@@H](C)CC. The first-order valence-corrected chi connectivity index (χ1v) is 13.3. The van der Waals surface area contributed by atoms with E-state index in [1.807, 2.05) is 13.0 Å². The monoisotopic (exact) mass is 398 g/mol. The highest BCUT2D eigenvalue weighted by atomic mass is 28.4. The fraction of sp³-hybridized carbons (Fsp3) is 0.864. The Morgan fingerprint density at radius 2 is 1.81 bits per heavy atom. The molecular weight excluding hydrogens is 356 g/mol. The van der Waals surface area contributed by atoms with Gasteiger partial charge in [-0.1, -0.05) is 48.0 Å². The highest BCUT2D eigenvalue weighted by molar-refractivity contribution is 6.74. The molecule has 5 heteroatoms. The highest BCUT2D eigenvalue weighted by Gasteiger charge is 2.56. The Balaban J connectivity index is 2.97. The number of rotatable bonds is 9. The van der Waals surface area contributed by atoms with Crippen LogP contribution in [0.2, 0.25) is 18.1 Å². The lowest BCUT2D eigenvalue weighted by atomic mass is 9.85. The third-order valence-corrected chi connectivity index (χ3v) is 10.9. The molecule has 5 atom stereocenters. The summed E-state index contributed by atoms with van der Waals surface area (Å²) >= 11 is 0. The van der Waals surface area contributed by atoms with E-state index in [0.717, 1.165) is 6.42 Å². The predicted molar refractivity (Wildman–Crippen MR) is 114 cm³/mol. The third kappa shape index (κ3) is 5.91. The molecule has 0 bridgehead atoms. The average Bonchev–Trinajstić information content (AvgIpc) is 3.21. The summed E-state index contributed by atoms with van der Waals surface area (Å²) in [5, 5.41) is 0.173. The fourth-order valence-corrected chi connectivity index (χ4v) is 4.86. The number of esters is 1. The van der Waals surface area contributed by atoms with E-state index in [2.05, 4.69) is 61.6 Å². The number of ether oxygens (including phenoxy) is 2. The Morgan fingerprint density at radius 1 is 1.26 bits per heavy atom. The van der Waals surface area contributed by atoms with Crippen molar-refractivity contribution >= 4 is 14.3 Å². The molecule has 158 valence electrons. The van der Waals surface area contributed by atoms with Crippen molar-refractivity contribution in [3.63, 3.8) is 0 Å². The lowest BCUT2D eigenvalue weighted by molar-refractivity contribution is -0.138. The van der Waals surface area contributed by atoms with E-state index in [0.29, 0.717) is 18.1 Å². The van der Waals surface area contributed by atoms with Crippen molar-refractivity contribution in [3.8, 4) is 0 Å². The zero-order valence-electron chi connectivity index (χ0n) is 19.4. The zero-order valence-corrected chi connectivity index (χ0v) is 20.4. The van der Waals surface area contributed by atoms with Gasteiger partial charge in [0.1, 0.15) is 5.60 Å². The molecule has 0 aromatic rings. The van der Waals surface area contributed by atoms with Gasteiger partial charge in [-0.05, 0) is 50.9 Å². The van der Waals surface area contributed by atoms with E-state index >= 15 is 0 Å². The molecule has 1 fully saturated rings. The van der Waals surface area contributed by atoms with Gasteiger partial charge in [-0.3, -0.25) is 0 Å². The van der Waals surface area contributed by atoms with Crippen molar-refractivity contribution in [2.45, 2.75) is 105 Å². The molecule has 1 rings (SSSR count). The van der Waals surface area contributed by atoms with Gasteiger partial charge in [-0.15, -0.1) is 0 Å². The van der Waals surface area contributed by atoms with Crippen LogP contribution in [-0.2, 0) is 18.7 Å². The smallest absolute Gasteiger partial charge is 0.333 e. The molecule has 1 aliphatic heterocycles. The summed E-state index contributed by atoms with van der Waals surface area (Å²) in [7, 11) is -1.88. The number of hydrogen-bond acceptors (Lipinski definition) is 4. The minimum atomic E-state index is -1.88. The lowest BCUT2D eigenvalue weighted by Crippen LogP contribution is -2.48. The molecule has 4 nitrogen and oxygen atoms in total. The summed E-state index contributed by atoms with van der Waals surface area (Å²) in [6.45, 7) is 24.2. The first-order chi connectivity index (χ1) is 12.2. The van der Waals surface area contributed by atoms with Crippen molar-refractivity contribution in [3.05, 3.63) is 11.6 Å². The maximum atomic E-state index is 11.9. The van der Waals surface area contributed by atoms with Gasteiger partial charge in [0, 0.05) is 11.5 Å². The van der Waals surface area contributed by atoms with Gasteiger partial charge in [-0.2, -0.15) is 0 Å². The highest BCUT2D eigenvalue weighted by Crippen LogP contribution is 2.47. The van der Waals surface area contributed by atoms with Crippen LogP contribution in [-0.4, -0.2) is 38.7 Å². The first kappa shape index (κ1) is 24.4. The number of carbonyl (C=O) groups is 1. The van der Waals surface area contributed by atoms with Crippen LogP contribution in [0.3, 0.4) is 0 Å². The first-order valence-electron chi connectivity index (χ1n) is 10.4. The summed E-state index contributed by atoms with van der Waals surface area (Å²) in [4.78, 5) is 11.9. The van der Waals surface area contributed by atoms with Crippen molar-refractivity contribution in [2.24, 2.45) is 11.8 Å². The number of epoxide rings is 1. The molecule has 0 aliphatic carbocycles. The molecule has 0 spiro atoms. The molecule has 0 amide bonds. The summed E-state index contributed by atoms with van der Waals surface area (Å²) in [5.41, 5.74) is 0.193. The summed E-state index contributed by atoms with van der Waals surface area (Å²) < 4.78 is 18.0. The minimum Gasteiger partial charge on any atom is -0.463 e. The number of carbonyl (C=O) groups excluding carboxylic acids is 1. The Labute approximate surface area is 168 Å². The molecule has 0 aromatic carbocycles. The van der Waals surface area contributed by atoms with E-state index in [-0.39, 0.29) is 29.1 Å². The second-order valence-electron chi connectivity index (χ2n) is 9.86. The van der Waals surface area contributed by atoms with Crippen LogP contribution in [0.15, 0.2) is 11.6 Å². The molecule has 0 radical (unpaired) electrons. The third-order valence-electron chi connectivity index (χ3n) is 6.43. The van der Waals surface area contributed by atoms with Crippen LogP contribution in [0.25, 0.3) is 0 Å². The van der Waals surface area contributed by atoms with E-state index in [1.165, 1.54) is 0 Å².